The minimum Gasteiger partial charge on any atom is -0.507 e. The predicted molar refractivity (Wildman–Crippen MR) is 130 cm³/mol. The molecule has 6 nitrogen and oxygen atoms in total. The Hall–Kier alpha value is -3.51. The molecule has 1 atom stereocenters. The van der Waals surface area contributed by atoms with E-state index in [0.717, 1.165) is 5.56 Å². The number of Topliss-reactive ketones (excluding diaryl/α,β-unsaturated/α-hetero) is 1. The zero-order valence-electron chi connectivity index (χ0n) is 19.2. The van der Waals surface area contributed by atoms with Crippen LogP contribution in [0, 0.1) is 0 Å². The molecule has 7 heteroatoms. The summed E-state index contributed by atoms with van der Waals surface area (Å²) in [6, 6.07) is 15.2. The van der Waals surface area contributed by atoms with Gasteiger partial charge in [-0.3, -0.25) is 9.59 Å². The SMILES string of the molecule is CCOc1ccc(/C(O)=C2\C(=O)C(=O)N(Cc3ccco3)C2c2ccc(C(C)C)cc2)cc1Cl. The molecule has 1 unspecified atom stereocenters. The maximum Gasteiger partial charge on any atom is 0.296 e. The molecule has 1 aliphatic rings. The minimum absolute atomic E-state index is 0.00841. The lowest BCUT2D eigenvalue weighted by atomic mass is 9.93. The first-order valence-electron chi connectivity index (χ1n) is 11.1. The number of halogens is 1. The third-order valence-electron chi connectivity index (χ3n) is 5.87. The first kappa shape index (κ1) is 23.6. The van der Waals surface area contributed by atoms with E-state index in [9.17, 15) is 14.7 Å². The van der Waals surface area contributed by atoms with Gasteiger partial charge in [0, 0.05) is 5.56 Å². The lowest BCUT2D eigenvalue weighted by Gasteiger charge is -2.25. The first-order valence-corrected chi connectivity index (χ1v) is 11.5. The fourth-order valence-electron chi connectivity index (χ4n) is 4.10. The van der Waals surface area contributed by atoms with E-state index in [0.29, 0.717) is 40.2 Å². The smallest absolute Gasteiger partial charge is 0.296 e. The molecule has 0 spiro atoms. The lowest BCUT2D eigenvalue weighted by Crippen LogP contribution is -2.29. The highest BCUT2D eigenvalue weighted by atomic mass is 35.5. The number of likely N-dealkylation sites (tertiary alicyclic amines) is 1. The van der Waals surface area contributed by atoms with E-state index < -0.39 is 17.7 Å². The van der Waals surface area contributed by atoms with Gasteiger partial charge in [0.25, 0.3) is 11.7 Å². The van der Waals surface area contributed by atoms with Gasteiger partial charge in [-0.1, -0.05) is 49.7 Å². The van der Waals surface area contributed by atoms with Gasteiger partial charge in [0.15, 0.2) is 0 Å². The van der Waals surface area contributed by atoms with Crippen LogP contribution in [-0.2, 0) is 16.1 Å². The van der Waals surface area contributed by atoms with Gasteiger partial charge in [-0.25, -0.2) is 0 Å². The van der Waals surface area contributed by atoms with E-state index in [1.54, 1.807) is 24.3 Å². The number of amides is 1. The predicted octanol–water partition coefficient (Wildman–Crippen LogP) is 6.08. The second-order valence-electron chi connectivity index (χ2n) is 8.41. The number of aliphatic hydroxyl groups is 1. The van der Waals surface area contributed by atoms with Gasteiger partial charge >= 0.3 is 0 Å². The van der Waals surface area contributed by atoms with Gasteiger partial charge < -0.3 is 19.2 Å². The third kappa shape index (κ3) is 4.46. The molecule has 1 N–H and O–H groups in total. The van der Waals surface area contributed by atoms with Crippen molar-refractivity contribution in [2.75, 3.05) is 6.61 Å². The topological polar surface area (TPSA) is 80.0 Å². The molecule has 1 saturated heterocycles. The number of carbonyl (C=O) groups is 2. The standard InChI is InChI=1S/C27H26ClNO5/c1-4-33-22-12-11-19(14-21(22)28)25(30)23-24(18-9-7-17(8-10-18)16(2)3)29(27(32)26(23)31)15-20-6-5-13-34-20/h5-14,16,24,30H,4,15H2,1-3H3/b25-23+. The molecule has 1 aromatic heterocycles. The van der Waals surface area contributed by atoms with Gasteiger partial charge in [0.2, 0.25) is 0 Å². The van der Waals surface area contributed by atoms with Crippen LogP contribution in [0.5, 0.6) is 5.75 Å². The van der Waals surface area contributed by atoms with Crippen molar-refractivity contribution in [2.24, 2.45) is 0 Å². The number of ether oxygens (including phenoxy) is 1. The number of hydrogen-bond donors (Lipinski definition) is 1. The van der Waals surface area contributed by atoms with Crippen molar-refractivity contribution in [2.45, 2.75) is 39.3 Å². The summed E-state index contributed by atoms with van der Waals surface area (Å²) in [5.41, 5.74) is 2.18. The van der Waals surface area contributed by atoms with Crippen LogP contribution in [-0.4, -0.2) is 28.3 Å². The second-order valence-corrected chi connectivity index (χ2v) is 8.81. The molecule has 3 aromatic rings. The van der Waals surface area contributed by atoms with Crippen molar-refractivity contribution in [3.05, 3.63) is 93.9 Å². The molecule has 34 heavy (non-hydrogen) atoms. The molecule has 1 fully saturated rings. The Bertz CT molecular complexity index is 1230. The van der Waals surface area contributed by atoms with Crippen LogP contribution < -0.4 is 4.74 Å². The lowest BCUT2D eigenvalue weighted by molar-refractivity contribution is -0.140. The molecule has 2 heterocycles. The molecule has 1 aliphatic heterocycles. The van der Waals surface area contributed by atoms with Gasteiger partial charge in [0.1, 0.15) is 17.3 Å². The van der Waals surface area contributed by atoms with Crippen molar-refractivity contribution in [3.8, 4) is 5.75 Å². The van der Waals surface area contributed by atoms with Crippen molar-refractivity contribution >= 4 is 29.1 Å². The van der Waals surface area contributed by atoms with Crippen molar-refractivity contribution < 1.29 is 23.8 Å². The Kier molecular flexibility index (Phi) is 6.80. The van der Waals surface area contributed by atoms with Gasteiger partial charge in [-0.15, -0.1) is 0 Å². The van der Waals surface area contributed by atoms with E-state index >= 15 is 0 Å². The van der Waals surface area contributed by atoms with Crippen molar-refractivity contribution in [3.63, 3.8) is 0 Å². The number of carbonyl (C=O) groups excluding carboxylic acids is 2. The molecule has 4 rings (SSSR count). The Morgan fingerprint density at radius 2 is 1.88 bits per heavy atom. The zero-order chi connectivity index (χ0) is 24.4. The maximum absolute atomic E-state index is 13.2. The molecule has 0 saturated carbocycles. The number of aliphatic hydroxyl groups excluding tert-OH is 1. The summed E-state index contributed by atoms with van der Waals surface area (Å²) in [6.07, 6.45) is 1.51. The van der Waals surface area contributed by atoms with Crippen molar-refractivity contribution in [1.82, 2.24) is 4.90 Å². The molecular formula is C27H26ClNO5. The summed E-state index contributed by atoms with van der Waals surface area (Å²) in [5, 5.41) is 11.5. The first-order chi connectivity index (χ1) is 16.3. The number of hydrogen-bond acceptors (Lipinski definition) is 5. The average molecular weight is 480 g/mol. The highest BCUT2D eigenvalue weighted by Crippen LogP contribution is 2.41. The van der Waals surface area contributed by atoms with E-state index in [2.05, 4.69) is 13.8 Å². The van der Waals surface area contributed by atoms with Crippen LogP contribution in [0.25, 0.3) is 5.76 Å². The largest absolute Gasteiger partial charge is 0.507 e. The second kappa shape index (κ2) is 9.77. The summed E-state index contributed by atoms with van der Waals surface area (Å²) < 4.78 is 10.9. The molecule has 2 aromatic carbocycles. The third-order valence-corrected chi connectivity index (χ3v) is 6.17. The van der Waals surface area contributed by atoms with Crippen LogP contribution in [0.4, 0.5) is 0 Å². The average Bonchev–Trinajstić information content (AvgIpc) is 3.42. The van der Waals surface area contributed by atoms with E-state index in [4.69, 9.17) is 20.8 Å². The van der Waals surface area contributed by atoms with Crippen LogP contribution >= 0.6 is 11.6 Å². The van der Waals surface area contributed by atoms with Gasteiger partial charge in [-0.2, -0.15) is 0 Å². The quantitative estimate of drug-likeness (QED) is 0.252. The Balaban J connectivity index is 1.83. The molecular weight excluding hydrogens is 454 g/mol. The summed E-state index contributed by atoms with van der Waals surface area (Å²) >= 11 is 6.31. The van der Waals surface area contributed by atoms with Gasteiger partial charge in [0.05, 0.1) is 36.1 Å². The highest BCUT2D eigenvalue weighted by Gasteiger charge is 2.46. The molecule has 176 valence electrons. The Morgan fingerprint density at radius 1 is 1.15 bits per heavy atom. The Labute approximate surface area is 203 Å². The molecule has 0 bridgehead atoms. The number of ketones is 1. The summed E-state index contributed by atoms with van der Waals surface area (Å²) in [6.45, 7) is 6.56. The van der Waals surface area contributed by atoms with E-state index in [1.807, 2.05) is 31.2 Å². The molecule has 1 amide bonds. The van der Waals surface area contributed by atoms with Crippen LogP contribution in [0.1, 0.15) is 55.2 Å². The maximum atomic E-state index is 13.2. The van der Waals surface area contributed by atoms with Crippen LogP contribution in [0.15, 0.2) is 70.9 Å². The summed E-state index contributed by atoms with van der Waals surface area (Å²) in [4.78, 5) is 27.7. The highest BCUT2D eigenvalue weighted by molar-refractivity contribution is 6.46. The Morgan fingerprint density at radius 3 is 2.47 bits per heavy atom. The minimum atomic E-state index is -0.781. The molecule has 0 aliphatic carbocycles. The van der Waals surface area contributed by atoms with E-state index in [-0.39, 0.29) is 17.9 Å². The fourth-order valence-corrected chi connectivity index (χ4v) is 4.33. The van der Waals surface area contributed by atoms with Crippen LogP contribution in [0.2, 0.25) is 5.02 Å². The van der Waals surface area contributed by atoms with E-state index in [1.165, 1.54) is 17.2 Å². The number of nitrogens with zero attached hydrogens (tertiary/aromatic N) is 1. The van der Waals surface area contributed by atoms with Crippen molar-refractivity contribution in [1.29, 1.82) is 0 Å². The van der Waals surface area contributed by atoms with Gasteiger partial charge in [-0.05, 0) is 54.3 Å². The fraction of sp³-hybridized carbons (Fsp3) is 0.259. The normalized spacial score (nSPS) is 17.6. The number of benzene rings is 2. The number of rotatable bonds is 7. The molecule has 0 radical (unpaired) electrons. The summed E-state index contributed by atoms with van der Waals surface area (Å²) in [7, 11) is 0. The number of furan rings is 1. The zero-order valence-corrected chi connectivity index (χ0v) is 20.0. The summed E-state index contributed by atoms with van der Waals surface area (Å²) in [5.74, 6) is -0.410. The monoisotopic (exact) mass is 479 g/mol. The van der Waals surface area contributed by atoms with Crippen LogP contribution in [0.3, 0.4) is 0 Å².